The first kappa shape index (κ1) is 11.1. The zero-order chi connectivity index (χ0) is 11.3. The van der Waals surface area contributed by atoms with Crippen molar-refractivity contribution in [2.75, 3.05) is 14.2 Å². The van der Waals surface area contributed by atoms with Crippen molar-refractivity contribution in [2.24, 2.45) is 0 Å². The smallest absolute Gasteiger partial charge is 0.310 e. The van der Waals surface area contributed by atoms with Gasteiger partial charge in [0.1, 0.15) is 11.8 Å². The molecule has 4 heteroatoms. The zero-order valence-corrected chi connectivity index (χ0v) is 8.61. The highest BCUT2D eigenvalue weighted by Gasteiger charge is 2.11. The zero-order valence-electron chi connectivity index (χ0n) is 8.61. The van der Waals surface area contributed by atoms with Gasteiger partial charge < -0.3 is 9.47 Å². The van der Waals surface area contributed by atoms with Crippen LogP contribution in [0.3, 0.4) is 0 Å². The molecule has 1 aromatic carbocycles. The van der Waals surface area contributed by atoms with Crippen molar-refractivity contribution in [2.45, 2.75) is 6.42 Å². The lowest BCUT2D eigenvalue weighted by atomic mass is 10.0. The van der Waals surface area contributed by atoms with Crippen LogP contribution in [0.15, 0.2) is 18.2 Å². The van der Waals surface area contributed by atoms with Gasteiger partial charge in [-0.3, -0.25) is 4.79 Å². The van der Waals surface area contributed by atoms with Gasteiger partial charge in [0.15, 0.2) is 0 Å². The third kappa shape index (κ3) is 2.47. The number of ether oxygens (including phenoxy) is 2. The Balaban J connectivity index is 3.08. The highest BCUT2D eigenvalue weighted by atomic mass is 16.5. The lowest BCUT2D eigenvalue weighted by Crippen LogP contribution is -2.06. The summed E-state index contributed by atoms with van der Waals surface area (Å²) in [5.41, 5.74) is 0.995. The average Bonchev–Trinajstić information content (AvgIpc) is 2.28. The third-order valence-corrected chi connectivity index (χ3v) is 2.01. The number of methoxy groups -OCH3 is 2. The summed E-state index contributed by atoms with van der Waals surface area (Å²) in [6.07, 6.45) is 0.0800. The van der Waals surface area contributed by atoms with Crippen molar-refractivity contribution in [3.8, 4) is 11.8 Å². The number of esters is 1. The summed E-state index contributed by atoms with van der Waals surface area (Å²) in [4.78, 5) is 11.1. The summed E-state index contributed by atoms with van der Waals surface area (Å²) >= 11 is 0. The van der Waals surface area contributed by atoms with E-state index in [2.05, 4.69) is 4.74 Å². The standard InChI is InChI=1S/C11H11NO3/c1-14-10-5-3-4-8(9(10)7-12)6-11(13)15-2/h3-5H,6H2,1-2H3. The van der Waals surface area contributed by atoms with E-state index in [1.165, 1.54) is 14.2 Å². The van der Waals surface area contributed by atoms with Crippen LogP contribution in [-0.4, -0.2) is 20.2 Å². The van der Waals surface area contributed by atoms with E-state index in [0.29, 0.717) is 16.9 Å². The summed E-state index contributed by atoms with van der Waals surface area (Å²) in [5.74, 6) is 0.0960. The van der Waals surface area contributed by atoms with Crippen molar-refractivity contribution in [1.82, 2.24) is 0 Å². The Hall–Kier alpha value is -2.02. The van der Waals surface area contributed by atoms with Crippen LogP contribution in [0.2, 0.25) is 0 Å². The third-order valence-electron chi connectivity index (χ3n) is 2.01. The Labute approximate surface area is 88.0 Å². The number of nitrogens with zero attached hydrogens (tertiary/aromatic N) is 1. The molecule has 0 aliphatic rings. The molecular formula is C11H11NO3. The summed E-state index contributed by atoms with van der Waals surface area (Å²) < 4.78 is 9.56. The number of rotatable bonds is 3. The van der Waals surface area contributed by atoms with E-state index in [4.69, 9.17) is 10.00 Å². The lowest BCUT2D eigenvalue weighted by Gasteiger charge is -2.06. The minimum absolute atomic E-state index is 0.0800. The van der Waals surface area contributed by atoms with Crippen LogP contribution in [0.4, 0.5) is 0 Å². The van der Waals surface area contributed by atoms with E-state index >= 15 is 0 Å². The molecule has 15 heavy (non-hydrogen) atoms. The van der Waals surface area contributed by atoms with Crippen LogP contribution < -0.4 is 4.74 Å². The van der Waals surface area contributed by atoms with E-state index in [-0.39, 0.29) is 12.4 Å². The Morgan fingerprint density at radius 3 is 2.73 bits per heavy atom. The second kappa shape index (κ2) is 5.01. The first-order valence-electron chi connectivity index (χ1n) is 4.35. The van der Waals surface area contributed by atoms with Crippen LogP contribution in [0, 0.1) is 11.3 Å². The number of benzene rings is 1. The van der Waals surface area contributed by atoms with Gasteiger partial charge in [0, 0.05) is 0 Å². The maximum absolute atomic E-state index is 11.1. The molecule has 0 unspecified atom stereocenters. The second-order valence-electron chi connectivity index (χ2n) is 2.86. The molecule has 0 saturated carbocycles. The molecule has 0 saturated heterocycles. The van der Waals surface area contributed by atoms with Crippen LogP contribution >= 0.6 is 0 Å². The van der Waals surface area contributed by atoms with E-state index < -0.39 is 0 Å². The number of nitriles is 1. The summed E-state index contributed by atoms with van der Waals surface area (Å²) in [7, 11) is 2.80. The van der Waals surface area contributed by atoms with Gasteiger partial charge in [-0.2, -0.15) is 5.26 Å². The topological polar surface area (TPSA) is 59.3 Å². The molecule has 0 fully saturated rings. The fraction of sp³-hybridized carbons (Fsp3) is 0.273. The molecule has 1 aromatic rings. The van der Waals surface area contributed by atoms with Crippen molar-refractivity contribution in [1.29, 1.82) is 5.26 Å². The summed E-state index contributed by atoms with van der Waals surface area (Å²) in [5, 5.41) is 8.93. The molecule has 0 radical (unpaired) electrons. The molecule has 0 spiro atoms. The van der Waals surface area contributed by atoms with Gasteiger partial charge >= 0.3 is 5.97 Å². The number of carbonyl (C=O) groups excluding carboxylic acids is 1. The SMILES string of the molecule is COC(=O)Cc1cccc(OC)c1C#N. The van der Waals surface area contributed by atoms with E-state index in [1.807, 2.05) is 6.07 Å². The fourth-order valence-electron chi connectivity index (χ4n) is 1.25. The Kier molecular flexibility index (Phi) is 3.69. The molecule has 0 bridgehead atoms. The van der Waals surface area contributed by atoms with Crippen LogP contribution in [0.1, 0.15) is 11.1 Å². The van der Waals surface area contributed by atoms with E-state index in [9.17, 15) is 4.79 Å². The minimum Gasteiger partial charge on any atom is -0.495 e. The molecule has 0 aliphatic heterocycles. The highest BCUT2D eigenvalue weighted by Crippen LogP contribution is 2.21. The lowest BCUT2D eigenvalue weighted by molar-refractivity contribution is -0.139. The molecular weight excluding hydrogens is 194 g/mol. The van der Waals surface area contributed by atoms with Gasteiger partial charge in [-0.25, -0.2) is 0 Å². The quantitative estimate of drug-likeness (QED) is 0.697. The van der Waals surface area contributed by atoms with Crippen LogP contribution in [-0.2, 0) is 16.0 Å². The van der Waals surface area contributed by atoms with Crippen molar-refractivity contribution >= 4 is 5.97 Å². The Morgan fingerprint density at radius 2 is 2.20 bits per heavy atom. The van der Waals surface area contributed by atoms with Gasteiger partial charge in [-0.1, -0.05) is 12.1 Å². The number of carbonyl (C=O) groups is 1. The average molecular weight is 205 g/mol. The molecule has 0 atom stereocenters. The van der Waals surface area contributed by atoms with Crippen molar-refractivity contribution in [3.63, 3.8) is 0 Å². The highest BCUT2D eigenvalue weighted by molar-refractivity contribution is 5.74. The first-order valence-corrected chi connectivity index (χ1v) is 4.35. The van der Waals surface area contributed by atoms with Crippen LogP contribution in [0.25, 0.3) is 0 Å². The maximum Gasteiger partial charge on any atom is 0.310 e. The number of hydrogen-bond donors (Lipinski definition) is 0. The van der Waals surface area contributed by atoms with Gasteiger partial charge in [0.25, 0.3) is 0 Å². The molecule has 0 aromatic heterocycles. The largest absolute Gasteiger partial charge is 0.495 e. The van der Waals surface area contributed by atoms with Crippen molar-refractivity contribution < 1.29 is 14.3 Å². The number of hydrogen-bond acceptors (Lipinski definition) is 4. The molecule has 4 nitrogen and oxygen atoms in total. The van der Waals surface area contributed by atoms with E-state index in [1.54, 1.807) is 18.2 Å². The van der Waals surface area contributed by atoms with Gasteiger partial charge in [0.05, 0.1) is 26.2 Å². The summed E-state index contributed by atoms with van der Waals surface area (Å²) in [6.45, 7) is 0. The summed E-state index contributed by atoms with van der Waals surface area (Å²) in [6, 6.07) is 7.13. The van der Waals surface area contributed by atoms with Gasteiger partial charge in [0.2, 0.25) is 0 Å². The van der Waals surface area contributed by atoms with Crippen molar-refractivity contribution in [3.05, 3.63) is 29.3 Å². The second-order valence-corrected chi connectivity index (χ2v) is 2.86. The molecule has 0 heterocycles. The molecule has 0 N–H and O–H groups in total. The Morgan fingerprint density at radius 1 is 1.47 bits per heavy atom. The fourth-order valence-corrected chi connectivity index (χ4v) is 1.25. The van der Waals surface area contributed by atoms with E-state index in [0.717, 1.165) is 0 Å². The van der Waals surface area contributed by atoms with Crippen LogP contribution in [0.5, 0.6) is 5.75 Å². The molecule has 0 aliphatic carbocycles. The molecule has 78 valence electrons. The predicted molar refractivity (Wildman–Crippen MR) is 53.4 cm³/mol. The molecule has 0 amide bonds. The molecule has 1 rings (SSSR count). The first-order chi connectivity index (χ1) is 7.22. The monoisotopic (exact) mass is 205 g/mol. The normalized spacial score (nSPS) is 9.13. The predicted octanol–water partition coefficient (Wildman–Crippen LogP) is 1.28. The van der Waals surface area contributed by atoms with Gasteiger partial charge in [-0.05, 0) is 11.6 Å². The maximum atomic E-state index is 11.1. The minimum atomic E-state index is -0.375. The Bertz CT molecular complexity index is 407. The van der Waals surface area contributed by atoms with Gasteiger partial charge in [-0.15, -0.1) is 0 Å².